The van der Waals surface area contributed by atoms with E-state index in [4.69, 9.17) is 17.0 Å². The molecule has 3 amide bonds. The third-order valence-corrected chi connectivity index (χ3v) is 4.56. The van der Waals surface area contributed by atoms with Crippen molar-refractivity contribution in [3.8, 4) is 5.75 Å². The van der Waals surface area contributed by atoms with Crippen LogP contribution in [0, 0.1) is 0 Å². The molecule has 2 heterocycles. The Bertz CT molecular complexity index is 776. The first-order chi connectivity index (χ1) is 12.9. The monoisotopic (exact) mass is 388 g/mol. The Morgan fingerprint density at radius 1 is 1.11 bits per heavy atom. The lowest BCUT2D eigenvalue weighted by Gasteiger charge is -2.32. The number of carbonyl (C=O) groups excluding carboxylic acids is 3. The molecule has 0 bridgehead atoms. The first-order valence-corrected chi connectivity index (χ1v) is 8.91. The molecule has 0 saturated carbocycles. The van der Waals surface area contributed by atoms with Crippen molar-refractivity contribution in [2.24, 2.45) is 0 Å². The Labute approximate surface area is 162 Å². The second kappa shape index (κ2) is 8.28. The number of thiocarbonyl (C=S) groups is 1. The molecule has 0 aromatic heterocycles. The molecular weight excluding hydrogens is 368 g/mol. The highest BCUT2D eigenvalue weighted by Gasteiger charge is 2.25. The number of amides is 3. The van der Waals surface area contributed by atoms with E-state index in [-0.39, 0.29) is 23.2 Å². The van der Waals surface area contributed by atoms with Gasteiger partial charge in [-0.15, -0.1) is 0 Å². The van der Waals surface area contributed by atoms with Crippen LogP contribution in [0.1, 0.15) is 5.56 Å². The van der Waals surface area contributed by atoms with Crippen molar-refractivity contribution >= 4 is 41.1 Å². The van der Waals surface area contributed by atoms with E-state index in [1.165, 1.54) is 6.08 Å². The number of piperazine rings is 1. The largest absolute Gasteiger partial charge is 0.484 e. The van der Waals surface area contributed by atoms with Crippen LogP contribution in [0.25, 0.3) is 6.08 Å². The van der Waals surface area contributed by atoms with Crippen molar-refractivity contribution < 1.29 is 19.1 Å². The Kier molecular flexibility index (Phi) is 5.82. The normalized spacial score (nSPS) is 18.0. The van der Waals surface area contributed by atoms with E-state index in [2.05, 4.69) is 15.5 Å². The molecule has 142 valence electrons. The summed E-state index contributed by atoms with van der Waals surface area (Å²) in [6.45, 7) is 3.12. The van der Waals surface area contributed by atoms with Gasteiger partial charge in [0.05, 0.1) is 0 Å². The minimum absolute atomic E-state index is 0.00378. The van der Waals surface area contributed by atoms with Gasteiger partial charge in [-0.3, -0.25) is 25.0 Å². The maximum Gasteiger partial charge on any atom is 0.263 e. The van der Waals surface area contributed by atoms with Gasteiger partial charge in [0, 0.05) is 26.2 Å². The SMILES string of the molecule is CN1CCN(C(=O)COc2ccc(C=C3C(=O)NC(=S)NC3=O)cc2)CC1. The lowest BCUT2D eigenvalue weighted by molar-refractivity contribution is -0.135. The fourth-order valence-electron chi connectivity index (χ4n) is 2.73. The summed E-state index contributed by atoms with van der Waals surface area (Å²) in [6, 6.07) is 6.78. The molecule has 8 nitrogen and oxygen atoms in total. The van der Waals surface area contributed by atoms with Crippen LogP contribution in [0.15, 0.2) is 29.8 Å². The Hall–Kier alpha value is -2.78. The highest BCUT2D eigenvalue weighted by atomic mass is 32.1. The molecule has 9 heteroatoms. The van der Waals surface area contributed by atoms with Crippen LogP contribution in [0.3, 0.4) is 0 Å². The molecule has 0 radical (unpaired) electrons. The predicted octanol–water partition coefficient (Wildman–Crippen LogP) is -0.246. The van der Waals surface area contributed by atoms with Crippen LogP contribution in [0.2, 0.25) is 0 Å². The fourth-order valence-corrected chi connectivity index (χ4v) is 2.91. The van der Waals surface area contributed by atoms with Crippen LogP contribution in [-0.4, -0.2) is 72.5 Å². The zero-order valence-electron chi connectivity index (χ0n) is 14.9. The molecule has 0 atom stereocenters. The van der Waals surface area contributed by atoms with Crippen LogP contribution in [-0.2, 0) is 14.4 Å². The average Bonchev–Trinajstić information content (AvgIpc) is 2.64. The average molecular weight is 388 g/mol. The number of ether oxygens (including phenoxy) is 1. The first kappa shape index (κ1) is 19.0. The minimum atomic E-state index is -0.540. The maximum atomic E-state index is 12.2. The van der Waals surface area contributed by atoms with Gasteiger partial charge in [0.25, 0.3) is 17.7 Å². The number of nitrogens with zero attached hydrogens (tertiary/aromatic N) is 2. The van der Waals surface area contributed by atoms with Crippen molar-refractivity contribution in [1.29, 1.82) is 0 Å². The van der Waals surface area contributed by atoms with Crippen LogP contribution in [0.4, 0.5) is 0 Å². The number of rotatable bonds is 4. The van der Waals surface area contributed by atoms with Gasteiger partial charge in [0.15, 0.2) is 11.7 Å². The molecule has 27 heavy (non-hydrogen) atoms. The third-order valence-electron chi connectivity index (χ3n) is 4.35. The van der Waals surface area contributed by atoms with Crippen LogP contribution in [0.5, 0.6) is 5.75 Å². The summed E-state index contributed by atoms with van der Waals surface area (Å²) in [6.07, 6.45) is 1.46. The summed E-state index contributed by atoms with van der Waals surface area (Å²) in [4.78, 5) is 39.8. The van der Waals surface area contributed by atoms with E-state index in [9.17, 15) is 14.4 Å². The Balaban J connectivity index is 1.56. The number of hydrogen-bond acceptors (Lipinski definition) is 6. The molecular formula is C18H20N4O4S. The number of benzene rings is 1. The lowest BCUT2D eigenvalue weighted by Crippen LogP contribution is -2.51. The molecule has 1 aromatic rings. The van der Waals surface area contributed by atoms with Crippen molar-refractivity contribution in [2.75, 3.05) is 39.8 Å². The van der Waals surface area contributed by atoms with Gasteiger partial charge in [-0.2, -0.15) is 0 Å². The van der Waals surface area contributed by atoms with E-state index in [0.29, 0.717) is 24.4 Å². The van der Waals surface area contributed by atoms with Crippen molar-refractivity contribution in [2.45, 2.75) is 0 Å². The van der Waals surface area contributed by atoms with Gasteiger partial charge >= 0.3 is 0 Å². The van der Waals surface area contributed by atoms with E-state index in [0.717, 1.165) is 13.1 Å². The van der Waals surface area contributed by atoms with E-state index >= 15 is 0 Å². The second-order valence-corrected chi connectivity index (χ2v) is 6.75. The smallest absolute Gasteiger partial charge is 0.263 e. The zero-order valence-corrected chi connectivity index (χ0v) is 15.7. The first-order valence-electron chi connectivity index (χ1n) is 8.50. The van der Waals surface area contributed by atoms with Gasteiger partial charge < -0.3 is 14.5 Å². The molecule has 0 unspecified atom stereocenters. The quantitative estimate of drug-likeness (QED) is 0.420. The number of carbonyl (C=O) groups is 3. The molecule has 2 aliphatic rings. The van der Waals surface area contributed by atoms with Gasteiger partial charge in [-0.25, -0.2) is 0 Å². The zero-order chi connectivity index (χ0) is 19.4. The molecule has 0 spiro atoms. The number of likely N-dealkylation sites (N-methyl/N-ethyl adjacent to an activating group) is 1. The molecule has 2 aliphatic heterocycles. The van der Waals surface area contributed by atoms with E-state index in [1.807, 2.05) is 7.05 Å². The van der Waals surface area contributed by atoms with E-state index < -0.39 is 11.8 Å². The summed E-state index contributed by atoms with van der Waals surface area (Å²) in [5, 5.41) is 4.76. The summed E-state index contributed by atoms with van der Waals surface area (Å²) >= 11 is 4.76. The highest BCUT2D eigenvalue weighted by Crippen LogP contribution is 2.16. The summed E-state index contributed by atoms with van der Waals surface area (Å²) < 4.78 is 5.55. The van der Waals surface area contributed by atoms with Crippen molar-refractivity contribution in [3.63, 3.8) is 0 Å². The lowest BCUT2D eigenvalue weighted by atomic mass is 10.1. The fraction of sp³-hybridized carbons (Fsp3) is 0.333. The minimum Gasteiger partial charge on any atom is -0.484 e. The summed E-state index contributed by atoms with van der Waals surface area (Å²) in [5.74, 6) is -0.581. The van der Waals surface area contributed by atoms with Gasteiger partial charge in [0.2, 0.25) is 0 Å². The topological polar surface area (TPSA) is 91.0 Å². The van der Waals surface area contributed by atoms with Crippen molar-refractivity contribution in [1.82, 2.24) is 20.4 Å². The third kappa shape index (κ3) is 4.89. The van der Waals surface area contributed by atoms with Gasteiger partial charge in [0.1, 0.15) is 11.3 Å². The maximum absolute atomic E-state index is 12.2. The van der Waals surface area contributed by atoms with E-state index in [1.54, 1.807) is 29.2 Å². The molecule has 1 aromatic carbocycles. The molecule has 2 fully saturated rings. The van der Waals surface area contributed by atoms with Gasteiger partial charge in [-0.1, -0.05) is 12.1 Å². The number of nitrogens with one attached hydrogen (secondary N) is 2. The van der Waals surface area contributed by atoms with Crippen LogP contribution < -0.4 is 15.4 Å². The van der Waals surface area contributed by atoms with Crippen molar-refractivity contribution in [3.05, 3.63) is 35.4 Å². The molecule has 2 N–H and O–H groups in total. The summed E-state index contributed by atoms with van der Waals surface area (Å²) in [5.41, 5.74) is 0.628. The Morgan fingerprint density at radius 2 is 1.70 bits per heavy atom. The van der Waals surface area contributed by atoms with Gasteiger partial charge in [-0.05, 0) is 43.0 Å². The number of hydrogen-bond donors (Lipinski definition) is 2. The Morgan fingerprint density at radius 3 is 2.30 bits per heavy atom. The molecule has 3 rings (SSSR count). The standard InChI is InChI=1S/C18H20N4O4S/c1-21-6-8-22(9-7-21)15(23)11-26-13-4-2-12(3-5-13)10-14-16(24)19-18(27)20-17(14)25/h2-5,10H,6-9,11H2,1H3,(H2,19,20,24,25,27). The summed E-state index contributed by atoms with van der Waals surface area (Å²) in [7, 11) is 2.03. The molecule has 2 saturated heterocycles. The molecule has 0 aliphatic carbocycles. The highest BCUT2D eigenvalue weighted by molar-refractivity contribution is 7.80. The second-order valence-electron chi connectivity index (χ2n) is 6.34. The predicted molar refractivity (Wildman–Crippen MR) is 103 cm³/mol. The van der Waals surface area contributed by atoms with Crippen LogP contribution >= 0.6 is 12.2 Å².